The van der Waals surface area contributed by atoms with Crippen LogP contribution in [-0.4, -0.2) is 47.7 Å². The molecule has 7 heteroatoms. The highest BCUT2D eigenvalue weighted by molar-refractivity contribution is 6.32. The molecule has 1 aliphatic rings. The van der Waals surface area contributed by atoms with E-state index < -0.39 is 5.41 Å². The minimum absolute atomic E-state index is 0.270. The summed E-state index contributed by atoms with van der Waals surface area (Å²) < 4.78 is 5.39. The molecule has 3 aromatic rings. The number of carbonyl (C=O) groups is 1. The summed E-state index contributed by atoms with van der Waals surface area (Å²) in [5.74, 6) is 0.493. The lowest BCUT2D eigenvalue weighted by Crippen LogP contribution is -2.48. The van der Waals surface area contributed by atoms with E-state index in [1.54, 1.807) is 13.3 Å². The van der Waals surface area contributed by atoms with Crippen molar-refractivity contribution in [1.82, 2.24) is 15.4 Å². The van der Waals surface area contributed by atoms with E-state index in [1.807, 2.05) is 29.7 Å². The Morgan fingerprint density at radius 2 is 1.91 bits per heavy atom. The second kappa shape index (κ2) is 11.8. The van der Waals surface area contributed by atoms with Crippen molar-refractivity contribution >= 4 is 28.4 Å². The molecule has 1 saturated heterocycles. The van der Waals surface area contributed by atoms with Crippen LogP contribution in [0, 0.1) is 5.41 Å². The number of carbonyl (C=O) groups excluding carboxylic acids is 1. The molecule has 0 unspecified atom stereocenters. The number of piperidine rings is 1. The van der Waals surface area contributed by atoms with E-state index in [9.17, 15) is 10.0 Å². The van der Waals surface area contributed by atoms with E-state index in [4.69, 9.17) is 16.3 Å². The average Bonchev–Trinajstić information content (AvgIpc) is 2.90. The molecule has 0 atom stereocenters. The highest BCUT2D eigenvalue weighted by atomic mass is 35.5. The maximum Gasteiger partial charge on any atom is 0.249 e. The standard InChI is InChI=1S/C28H34ClN3O3/c1-35-22-11-12-26-24(19-22)23(25(29)20-30-26)10-5-13-28(27(33)31-34)14-17-32(18-15-28)16-6-9-21-7-3-2-4-8-21/h2-4,7-8,11-12,19-20,34H,5-6,9-10,13-18H2,1H3,(H,31,33). The van der Waals surface area contributed by atoms with E-state index >= 15 is 0 Å². The number of ether oxygens (including phenoxy) is 1. The first kappa shape index (κ1) is 25.4. The molecule has 35 heavy (non-hydrogen) atoms. The second-order valence-electron chi connectivity index (χ2n) is 9.47. The number of hydroxylamine groups is 1. The SMILES string of the molecule is COc1ccc2ncc(Cl)c(CCCC3(C(=O)NO)CCN(CCCc4ccccc4)CC3)c2c1. The Hall–Kier alpha value is -2.67. The molecule has 4 rings (SSSR count). The van der Waals surface area contributed by atoms with Crippen molar-refractivity contribution in [2.24, 2.45) is 5.41 Å². The van der Waals surface area contributed by atoms with E-state index in [0.29, 0.717) is 11.4 Å². The van der Waals surface area contributed by atoms with Crippen LogP contribution in [0.4, 0.5) is 0 Å². The molecule has 0 aliphatic carbocycles. The smallest absolute Gasteiger partial charge is 0.249 e. The minimum atomic E-state index is -0.558. The number of hydrogen-bond donors (Lipinski definition) is 2. The summed E-state index contributed by atoms with van der Waals surface area (Å²) in [6.07, 6.45) is 7.54. The molecule has 2 heterocycles. The Kier molecular flexibility index (Phi) is 8.60. The van der Waals surface area contributed by atoms with Crippen LogP contribution in [0.1, 0.15) is 43.2 Å². The maximum atomic E-state index is 12.8. The number of halogens is 1. The van der Waals surface area contributed by atoms with Crippen molar-refractivity contribution in [2.45, 2.75) is 44.9 Å². The Morgan fingerprint density at radius 1 is 1.14 bits per heavy atom. The molecule has 1 aromatic heterocycles. The number of benzene rings is 2. The molecule has 1 aliphatic heterocycles. The molecular weight excluding hydrogens is 462 g/mol. The molecule has 0 spiro atoms. The van der Waals surface area contributed by atoms with Gasteiger partial charge in [-0.25, -0.2) is 5.48 Å². The summed E-state index contributed by atoms with van der Waals surface area (Å²) in [5.41, 5.74) is 4.65. The third-order valence-electron chi connectivity index (χ3n) is 7.40. The Morgan fingerprint density at radius 3 is 2.63 bits per heavy atom. The van der Waals surface area contributed by atoms with Gasteiger partial charge in [0, 0.05) is 11.6 Å². The largest absolute Gasteiger partial charge is 0.497 e. The van der Waals surface area contributed by atoms with Gasteiger partial charge >= 0.3 is 0 Å². The van der Waals surface area contributed by atoms with Gasteiger partial charge in [-0.1, -0.05) is 41.9 Å². The van der Waals surface area contributed by atoms with Crippen LogP contribution in [0.25, 0.3) is 10.9 Å². The number of aryl methyl sites for hydroxylation is 2. The number of nitrogens with one attached hydrogen (secondary N) is 1. The number of pyridine rings is 1. The van der Waals surface area contributed by atoms with Gasteiger partial charge in [0.15, 0.2) is 0 Å². The maximum absolute atomic E-state index is 12.8. The van der Waals surface area contributed by atoms with Crippen molar-refractivity contribution in [2.75, 3.05) is 26.7 Å². The highest BCUT2D eigenvalue weighted by Crippen LogP contribution is 2.38. The van der Waals surface area contributed by atoms with E-state index in [2.05, 4.69) is 34.1 Å². The number of amides is 1. The molecule has 2 aromatic carbocycles. The van der Waals surface area contributed by atoms with Gasteiger partial charge in [0.1, 0.15) is 5.75 Å². The lowest BCUT2D eigenvalue weighted by atomic mass is 9.73. The molecule has 2 N–H and O–H groups in total. The van der Waals surface area contributed by atoms with Gasteiger partial charge in [-0.15, -0.1) is 0 Å². The van der Waals surface area contributed by atoms with E-state index in [0.717, 1.165) is 80.4 Å². The zero-order chi connectivity index (χ0) is 24.7. The summed E-state index contributed by atoms with van der Waals surface area (Å²) >= 11 is 6.53. The third-order valence-corrected chi connectivity index (χ3v) is 7.72. The Bertz CT molecular complexity index is 1130. The molecule has 6 nitrogen and oxygen atoms in total. The summed E-state index contributed by atoms with van der Waals surface area (Å²) in [6, 6.07) is 16.3. The monoisotopic (exact) mass is 495 g/mol. The highest BCUT2D eigenvalue weighted by Gasteiger charge is 2.40. The van der Waals surface area contributed by atoms with Crippen molar-refractivity contribution in [3.05, 3.63) is 70.9 Å². The zero-order valence-electron chi connectivity index (χ0n) is 20.3. The molecule has 1 fully saturated rings. The molecule has 186 valence electrons. The molecule has 1 amide bonds. The number of aromatic nitrogens is 1. The van der Waals surface area contributed by atoms with Crippen LogP contribution in [0.15, 0.2) is 54.7 Å². The predicted molar refractivity (Wildman–Crippen MR) is 139 cm³/mol. The van der Waals surface area contributed by atoms with Crippen molar-refractivity contribution in [3.8, 4) is 5.75 Å². The fourth-order valence-electron chi connectivity index (χ4n) is 5.25. The quantitative estimate of drug-likeness (QED) is 0.289. The van der Waals surface area contributed by atoms with Gasteiger partial charge in [-0.2, -0.15) is 0 Å². The van der Waals surface area contributed by atoms with Gasteiger partial charge in [0.05, 0.1) is 23.1 Å². The van der Waals surface area contributed by atoms with Crippen LogP contribution < -0.4 is 10.2 Å². The van der Waals surface area contributed by atoms with Crippen LogP contribution in [-0.2, 0) is 17.6 Å². The summed E-state index contributed by atoms with van der Waals surface area (Å²) in [4.78, 5) is 19.6. The van der Waals surface area contributed by atoms with Gasteiger partial charge in [0.25, 0.3) is 0 Å². The summed E-state index contributed by atoms with van der Waals surface area (Å²) in [7, 11) is 1.64. The first-order chi connectivity index (χ1) is 17.0. The van der Waals surface area contributed by atoms with Crippen molar-refractivity contribution < 1.29 is 14.7 Å². The number of nitrogens with zero attached hydrogens (tertiary/aromatic N) is 2. The number of likely N-dealkylation sites (tertiary alicyclic amines) is 1. The van der Waals surface area contributed by atoms with Crippen LogP contribution in [0.5, 0.6) is 5.75 Å². The predicted octanol–water partition coefficient (Wildman–Crippen LogP) is 5.44. The molecule has 0 bridgehead atoms. The fraction of sp³-hybridized carbons (Fsp3) is 0.429. The fourth-order valence-corrected chi connectivity index (χ4v) is 5.50. The van der Waals surface area contributed by atoms with E-state index in [-0.39, 0.29) is 5.91 Å². The van der Waals surface area contributed by atoms with Crippen LogP contribution >= 0.6 is 11.6 Å². The lowest BCUT2D eigenvalue weighted by molar-refractivity contribution is -0.143. The van der Waals surface area contributed by atoms with Crippen molar-refractivity contribution in [1.29, 1.82) is 0 Å². The van der Waals surface area contributed by atoms with Crippen molar-refractivity contribution in [3.63, 3.8) is 0 Å². The number of methoxy groups -OCH3 is 1. The Balaban J connectivity index is 1.36. The van der Waals surface area contributed by atoms with Gasteiger partial charge < -0.3 is 9.64 Å². The van der Waals surface area contributed by atoms with Gasteiger partial charge in [-0.3, -0.25) is 15.0 Å². The first-order valence-corrected chi connectivity index (χ1v) is 12.7. The number of hydrogen-bond acceptors (Lipinski definition) is 5. The number of fused-ring (bicyclic) bond motifs is 1. The van der Waals surface area contributed by atoms with Gasteiger partial charge in [-0.05, 0) is 93.9 Å². The molecule has 0 saturated carbocycles. The first-order valence-electron chi connectivity index (χ1n) is 12.4. The van der Waals surface area contributed by atoms with E-state index in [1.165, 1.54) is 5.56 Å². The van der Waals surface area contributed by atoms with Crippen LogP contribution in [0.2, 0.25) is 5.02 Å². The summed E-state index contributed by atoms with van der Waals surface area (Å²) in [5, 5.41) is 11.1. The second-order valence-corrected chi connectivity index (χ2v) is 9.88. The zero-order valence-corrected chi connectivity index (χ0v) is 21.1. The Labute approximate surface area is 212 Å². The molecular formula is C28H34ClN3O3. The lowest BCUT2D eigenvalue weighted by Gasteiger charge is -2.40. The van der Waals surface area contributed by atoms with Crippen LogP contribution in [0.3, 0.4) is 0 Å². The third kappa shape index (κ3) is 6.13. The normalized spacial score (nSPS) is 15.7. The average molecular weight is 496 g/mol. The molecule has 0 radical (unpaired) electrons. The topological polar surface area (TPSA) is 74.7 Å². The summed E-state index contributed by atoms with van der Waals surface area (Å²) in [6.45, 7) is 2.74. The number of rotatable bonds is 10. The van der Waals surface area contributed by atoms with Gasteiger partial charge in [0.2, 0.25) is 5.91 Å². The minimum Gasteiger partial charge on any atom is -0.497 e.